The van der Waals surface area contributed by atoms with Gasteiger partial charge in [0, 0.05) is 29.9 Å². The molecule has 8 N–H and O–H groups in total. The summed E-state index contributed by atoms with van der Waals surface area (Å²) in [6.07, 6.45) is 3.42. The summed E-state index contributed by atoms with van der Waals surface area (Å²) in [5.41, 5.74) is 7.40. The lowest BCUT2D eigenvalue weighted by atomic mass is 10.0. The Morgan fingerprint density at radius 1 is 0.972 bits per heavy atom. The monoisotopic (exact) mass is 521 g/mol. The van der Waals surface area contributed by atoms with Crippen molar-refractivity contribution < 1.29 is 34.2 Å². The molecule has 196 valence electrons. The molecule has 1 heterocycles. The van der Waals surface area contributed by atoms with Gasteiger partial charge in [-0.15, -0.1) is 0 Å². The van der Waals surface area contributed by atoms with E-state index in [2.05, 4.69) is 20.9 Å². The number of aliphatic carboxylic acids is 2. The van der Waals surface area contributed by atoms with Gasteiger partial charge in [-0.3, -0.25) is 24.0 Å². The van der Waals surface area contributed by atoms with Crippen LogP contribution in [0.25, 0.3) is 10.9 Å². The summed E-state index contributed by atoms with van der Waals surface area (Å²) in [5.74, 6) is -3.82. The van der Waals surface area contributed by atoms with Crippen molar-refractivity contribution in [3.63, 3.8) is 0 Å². The van der Waals surface area contributed by atoms with E-state index < -0.39 is 54.3 Å². The number of hydrogen-bond donors (Lipinski definition) is 7. The van der Waals surface area contributed by atoms with Crippen LogP contribution in [0.1, 0.15) is 24.8 Å². The van der Waals surface area contributed by atoms with E-state index in [4.69, 9.17) is 15.9 Å². The van der Waals surface area contributed by atoms with Gasteiger partial charge >= 0.3 is 11.9 Å². The number of carboxylic acid groups (broad SMARTS) is 2. The summed E-state index contributed by atoms with van der Waals surface area (Å²) >= 11 is 1.45. The second kappa shape index (κ2) is 14.1. The summed E-state index contributed by atoms with van der Waals surface area (Å²) < 4.78 is 0. The van der Waals surface area contributed by atoms with Gasteiger partial charge in [0.25, 0.3) is 0 Å². The van der Waals surface area contributed by atoms with Crippen LogP contribution in [-0.4, -0.2) is 81.5 Å². The molecule has 2 aromatic rings. The normalized spacial score (nSPS) is 13.4. The van der Waals surface area contributed by atoms with Crippen LogP contribution in [0.4, 0.5) is 0 Å². The lowest BCUT2D eigenvalue weighted by Crippen LogP contribution is -2.56. The van der Waals surface area contributed by atoms with Crippen LogP contribution >= 0.6 is 11.8 Å². The molecule has 3 amide bonds. The SMILES string of the molecule is CSCCC(NC(=O)C(Cc1c[nH]c2ccccc12)NC(=O)C(N)CCC(=O)O)C(=O)NCC(=O)O. The summed E-state index contributed by atoms with van der Waals surface area (Å²) in [4.78, 5) is 63.2. The number of H-pyrrole nitrogens is 1. The van der Waals surface area contributed by atoms with Crippen molar-refractivity contribution in [1.82, 2.24) is 20.9 Å². The highest BCUT2D eigenvalue weighted by Gasteiger charge is 2.29. The van der Waals surface area contributed by atoms with Crippen molar-refractivity contribution in [2.45, 2.75) is 43.8 Å². The lowest BCUT2D eigenvalue weighted by Gasteiger charge is -2.24. The maximum absolute atomic E-state index is 13.3. The number of nitrogens with two attached hydrogens (primary N) is 1. The third-order valence-electron chi connectivity index (χ3n) is 5.40. The summed E-state index contributed by atoms with van der Waals surface area (Å²) in [7, 11) is 0. The zero-order valence-electron chi connectivity index (χ0n) is 19.8. The first-order chi connectivity index (χ1) is 17.1. The summed E-state index contributed by atoms with van der Waals surface area (Å²) in [5, 5.41) is 26.0. The molecule has 1 aromatic carbocycles. The molecule has 1 aromatic heterocycles. The van der Waals surface area contributed by atoms with Crippen LogP contribution in [0.15, 0.2) is 30.5 Å². The minimum Gasteiger partial charge on any atom is -0.481 e. The van der Waals surface area contributed by atoms with E-state index in [1.807, 2.05) is 30.5 Å². The van der Waals surface area contributed by atoms with Crippen LogP contribution in [0.3, 0.4) is 0 Å². The number of rotatable bonds is 15. The minimum absolute atomic E-state index is 0.0687. The predicted molar refractivity (Wildman–Crippen MR) is 134 cm³/mol. The number of benzene rings is 1. The summed E-state index contributed by atoms with van der Waals surface area (Å²) in [6.45, 7) is -0.599. The van der Waals surface area contributed by atoms with Gasteiger partial charge in [-0.1, -0.05) is 18.2 Å². The van der Waals surface area contributed by atoms with Crippen molar-refractivity contribution in [3.8, 4) is 0 Å². The fraction of sp³-hybridized carbons (Fsp3) is 0.435. The Bertz CT molecular complexity index is 1090. The predicted octanol–water partition coefficient (Wildman–Crippen LogP) is -0.174. The van der Waals surface area contributed by atoms with Crippen LogP contribution in [0.2, 0.25) is 0 Å². The zero-order valence-corrected chi connectivity index (χ0v) is 20.6. The van der Waals surface area contributed by atoms with Gasteiger partial charge in [0.15, 0.2) is 0 Å². The number of amides is 3. The van der Waals surface area contributed by atoms with Crippen LogP contribution in [-0.2, 0) is 30.4 Å². The minimum atomic E-state index is -1.22. The number of carbonyl (C=O) groups excluding carboxylic acids is 3. The van der Waals surface area contributed by atoms with Gasteiger partial charge in [-0.05, 0) is 36.5 Å². The number of hydrogen-bond acceptors (Lipinski definition) is 7. The second-order valence-electron chi connectivity index (χ2n) is 8.12. The highest BCUT2D eigenvalue weighted by atomic mass is 32.2. The molecule has 0 aliphatic rings. The van der Waals surface area contributed by atoms with Crippen LogP contribution in [0, 0.1) is 0 Å². The van der Waals surface area contributed by atoms with Crippen LogP contribution < -0.4 is 21.7 Å². The molecular formula is C23H31N5O7S. The number of fused-ring (bicyclic) bond motifs is 1. The Morgan fingerprint density at radius 2 is 1.67 bits per heavy atom. The average molecular weight is 522 g/mol. The fourth-order valence-corrected chi connectivity index (χ4v) is 3.95. The van der Waals surface area contributed by atoms with E-state index in [1.54, 1.807) is 6.20 Å². The van der Waals surface area contributed by atoms with E-state index in [0.29, 0.717) is 5.75 Å². The lowest BCUT2D eigenvalue weighted by molar-refractivity contribution is -0.139. The molecule has 0 spiro atoms. The number of nitrogens with one attached hydrogen (secondary N) is 4. The highest BCUT2D eigenvalue weighted by Crippen LogP contribution is 2.19. The fourth-order valence-electron chi connectivity index (χ4n) is 3.48. The van der Waals surface area contributed by atoms with Crippen molar-refractivity contribution >= 4 is 52.3 Å². The van der Waals surface area contributed by atoms with E-state index in [1.165, 1.54) is 11.8 Å². The number of aromatic nitrogens is 1. The molecular weight excluding hydrogens is 490 g/mol. The summed E-state index contributed by atoms with van der Waals surface area (Å²) in [6, 6.07) is 4.11. The molecule has 0 aliphatic carbocycles. The van der Waals surface area contributed by atoms with Crippen LogP contribution in [0.5, 0.6) is 0 Å². The smallest absolute Gasteiger partial charge is 0.322 e. The molecule has 13 heteroatoms. The quantitative estimate of drug-likeness (QED) is 0.166. The first-order valence-electron chi connectivity index (χ1n) is 11.2. The highest BCUT2D eigenvalue weighted by molar-refractivity contribution is 7.98. The molecule has 3 atom stereocenters. The third kappa shape index (κ3) is 8.89. The van der Waals surface area contributed by atoms with Gasteiger partial charge in [0.05, 0.1) is 6.04 Å². The molecule has 36 heavy (non-hydrogen) atoms. The van der Waals surface area contributed by atoms with E-state index >= 15 is 0 Å². The molecule has 12 nitrogen and oxygen atoms in total. The zero-order chi connectivity index (χ0) is 26.7. The topological polar surface area (TPSA) is 204 Å². The molecule has 0 fully saturated rings. The number of carbonyl (C=O) groups is 5. The Balaban J connectivity index is 2.23. The second-order valence-corrected chi connectivity index (χ2v) is 9.10. The van der Waals surface area contributed by atoms with Gasteiger partial charge in [-0.25, -0.2) is 0 Å². The molecule has 0 radical (unpaired) electrons. The van der Waals surface area contributed by atoms with Gasteiger partial charge in [0.1, 0.15) is 18.6 Å². The molecule has 2 rings (SSSR count). The van der Waals surface area contributed by atoms with E-state index in [-0.39, 0.29) is 25.7 Å². The Morgan fingerprint density at radius 3 is 2.33 bits per heavy atom. The largest absolute Gasteiger partial charge is 0.481 e. The average Bonchev–Trinajstić information content (AvgIpc) is 3.25. The van der Waals surface area contributed by atoms with Crippen molar-refractivity contribution in [2.24, 2.45) is 5.73 Å². The van der Waals surface area contributed by atoms with Gasteiger partial charge < -0.3 is 36.9 Å². The number of para-hydroxylation sites is 1. The first kappa shape index (κ1) is 28.7. The van der Waals surface area contributed by atoms with E-state index in [9.17, 15) is 24.0 Å². The van der Waals surface area contributed by atoms with Crippen molar-refractivity contribution in [1.29, 1.82) is 0 Å². The Kier molecular flexibility index (Phi) is 11.2. The first-order valence-corrected chi connectivity index (χ1v) is 12.6. The Hall–Kier alpha value is -3.58. The molecule has 0 bridgehead atoms. The molecule has 0 saturated heterocycles. The van der Waals surface area contributed by atoms with Gasteiger partial charge in [-0.2, -0.15) is 11.8 Å². The van der Waals surface area contributed by atoms with E-state index in [0.717, 1.165) is 16.5 Å². The molecule has 0 aliphatic heterocycles. The standard InChI is InChI=1S/C23H31N5O7S/c1-36-9-8-17(22(34)26-12-20(31)32)27-23(35)18(28-21(33)15(24)6-7-19(29)30)10-13-11-25-16-5-3-2-4-14(13)16/h2-5,11,15,17-18,25H,6-10,12,24H2,1H3,(H,26,34)(H,27,35)(H,28,33)(H,29,30)(H,31,32). The Labute approximate surface area is 211 Å². The number of aromatic amines is 1. The molecule has 0 saturated carbocycles. The van der Waals surface area contributed by atoms with Crippen molar-refractivity contribution in [2.75, 3.05) is 18.6 Å². The molecule has 3 unspecified atom stereocenters. The van der Waals surface area contributed by atoms with Gasteiger partial charge in [0.2, 0.25) is 17.7 Å². The number of carboxylic acids is 2. The number of thioether (sulfide) groups is 1. The maximum Gasteiger partial charge on any atom is 0.322 e. The van der Waals surface area contributed by atoms with Crippen molar-refractivity contribution in [3.05, 3.63) is 36.0 Å². The third-order valence-corrected chi connectivity index (χ3v) is 6.04. The maximum atomic E-state index is 13.3.